The van der Waals surface area contributed by atoms with Crippen LogP contribution >= 0.6 is 0 Å². The summed E-state index contributed by atoms with van der Waals surface area (Å²) in [7, 11) is 0. The number of benzene rings is 1. The molecule has 1 amide bonds. The Morgan fingerprint density at radius 3 is 2.78 bits per heavy atom. The molecule has 1 aliphatic rings. The summed E-state index contributed by atoms with van der Waals surface area (Å²) in [5, 5.41) is 7.30. The van der Waals surface area contributed by atoms with Crippen molar-refractivity contribution < 1.29 is 18.0 Å². The highest BCUT2D eigenvalue weighted by atomic mass is 19.4. The molecule has 23 heavy (non-hydrogen) atoms. The number of nitrogens with two attached hydrogens (primary N) is 1. The number of hydrogen-bond donors (Lipinski definition) is 2. The largest absolute Gasteiger partial charge is 0.414 e. The van der Waals surface area contributed by atoms with Crippen molar-refractivity contribution >= 4 is 28.6 Å². The lowest BCUT2D eigenvalue weighted by atomic mass is 10.0. The van der Waals surface area contributed by atoms with Crippen molar-refractivity contribution in [1.82, 2.24) is 10.2 Å². The zero-order valence-electron chi connectivity index (χ0n) is 11.7. The Bertz CT molecular complexity index is 874. The molecule has 3 N–H and O–H groups in total. The summed E-state index contributed by atoms with van der Waals surface area (Å²) in [6, 6.07) is 4.62. The van der Waals surface area contributed by atoms with E-state index in [9.17, 15) is 18.0 Å². The van der Waals surface area contributed by atoms with Crippen LogP contribution in [0.15, 0.2) is 40.9 Å². The van der Waals surface area contributed by atoms with E-state index in [1.165, 1.54) is 24.4 Å². The third kappa shape index (κ3) is 2.87. The van der Waals surface area contributed by atoms with Crippen LogP contribution in [0.2, 0.25) is 0 Å². The van der Waals surface area contributed by atoms with Crippen molar-refractivity contribution in [2.45, 2.75) is 6.18 Å². The minimum atomic E-state index is -4.47. The van der Waals surface area contributed by atoms with Crippen LogP contribution in [0.25, 0.3) is 16.5 Å². The number of primary amides is 1. The van der Waals surface area contributed by atoms with E-state index in [1.807, 2.05) is 0 Å². The normalized spacial score (nSPS) is 15.3. The van der Waals surface area contributed by atoms with Gasteiger partial charge in [0.15, 0.2) is 0 Å². The highest BCUT2D eigenvalue weighted by molar-refractivity contribution is 6.02. The van der Waals surface area contributed by atoms with Gasteiger partial charge in [0.25, 0.3) is 0 Å². The number of alkyl halides is 3. The number of aromatic nitrogens is 2. The molecule has 2 aromatic rings. The second-order valence-corrected chi connectivity index (χ2v) is 4.98. The van der Waals surface area contributed by atoms with Gasteiger partial charge in [-0.3, -0.25) is 14.9 Å². The summed E-state index contributed by atoms with van der Waals surface area (Å²) in [5.74, 6) is -0.623. The number of fused-ring (bicyclic) bond motifs is 1. The Kier molecular flexibility index (Phi) is 3.51. The third-order valence-corrected chi connectivity index (χ3v) is 3.44. The summed E-state index contributed by atoms with van der Waals surface area (Å²) < 4.78 is 38.9. The van der Waals surface area contributed by atoms with Crippen molar-refractivity contribution in [3.05, 3.63) is 47.2 Å². The molecular formula is C15H11F3N4O. The first-order valence-electron chi connectivity index (χ1n) is 6.62. The molecule has 3 rings (SSSR count). The molecule has 118 valence electrons. The minimum Gasteiger partial charge on any atom is -0.366 e. The smallest absolute Gasteiger partial charge is 0.366 e. The second-order valence-electron chi connectivity index (χ2n) is 4.98. The number of hydrogen-bond acceptors (Lipinski definition) is 3. The van der Waals surface area contributed by atoms with Gasteiger partial charge in [-0.2, -0.15) is 18.3 Å². The predicted octanol–water partition coefficient (Wildman–Crippen LogP) is 2.62. The average molecular weight is 320 g/mol. The summed E-state index contributed by atoms with van der Waals surface area (Å²) in [6.07, 6.45) is -0.695. The molecule has 5 nitrogen and oxygen atoms in total. The predicted molar refractivity (Wildman–Crippen MR) is 80.1 cm³/mol. The van der Waals surface area contributed by atoms with Crippen LogP contribution in [0.1, 0.15) is 16.1 Å². The Morgan fingerprint density at radius 1 is 1.30 bits per heavy atom. The van der Waals surface area contributed by atoms with Gasteiger partial charge >= 0.3 is 6.18 Å². The molecule has 0 spiro atoms. The molecule has 0 radical (unpaired) electrons. The lowest BCUT2D eigenvalue weighted by molar-refractivity contribution is -0.0920. The Hall–Kier alpha value is -2.90. The number of halogens is 3. The van der Waals surface area contributed by atoms with Gasteiger partial charge in [0.05, 0.1) is 23.3 Å². The van der Waals surface area contributed by atoms with Crippen molar-refractivity contribution in [3.63, 3.8) is 0 Å². The summed E-state index contributed by atoms with van der Waals surface area (Å²) >= 11 is 0. The Morgan fingerprint density at radius 2 is 2.09 bits per heavy atom. The number of allylic oxidation sites excluding steroid dienone is 3. The van der Waals surface area contributed by atoms with E-state index >= 15 is 0 Å². The molecule has 1 aliphatic heterocycles. The molecule has 0 atom stereocenters. The topological polar surface area (TPSA) is 84.1 Å². The quantitative estimate of drug-likeness (QED) is 0.891. The number of H-pyrrole nitrogens is 1. The molecule has 0 saturated heterocycles. The second kappa shape index (κ2) is 5.38. The van der Waals surface area contributed by atoms with Crippen molar-refractivity contribution in [1.29, 1.82) is 0 Å². The molecule has 0 saturated carbocycles. The highest BCUT2D eigenvalue weighted by Crippen LogP contribution is 2.32. The van der Waals surface area contributed by atoms with E-state index in [4.69, 9.17) is 5.73 Å². The molecule has 1 aromatic carbocycles. The van der Waals surface area contributed by atoms with Crippen LogP contribution in [-0.4, -0.2) is 35.0 Å². The first kappa shape index (κ1) is 15.0. The molecule has 0 unspecified atom stereocenters. The molecular weight excluding hydrogens is 309 g/mol. The number of rotatable bonds is 2. The first-order valence-corrected chi connectivity index (χ1v) is 6.62. The van der Waals surface area contributed by atoms with Crippen LogP contribution in [0.5, 0.6) is 0 Å². The SMILES string of the molecule is NC(=O)c1ccc2[nH]nc(C3=CC=NCC(C(F)(F)F)=C3)c2c1. The number of aliphatic imine (C=N–C) groups is 1. The molecule has 0 aliphatic carbocycles. The lowest BCUT2D eigenvalue weighted by Crippen LogP contribution is -2.14. The van der Waals surface area contributed by atoms with Crippen LogP contribution in [0, 0.1) is 0 Å². The molecule has 0 bridgehead atoms. The standard InChI is InChI=1S/C15H11F3N4O/c16-15(17,18)10-5-8(3-4-20-7-10)13-11-6-9(14(19)23)1-2-12(11)21-22-13/h1-6H,7H2,(H2,19,23)(H,21,22). The van der Waals surface area contributed by atoms with Gasteiger partial charge in [0.2, 0.25) is 5.91 Å². The number of nitrogens with zero attached hydrogens (tertiary/aromatic N) is 2. The molecule has 0 fully saturated rings. The number of aromatic amines is 1. The van der Waals surface area contributed by atoms with E-state index in [0.29, 0.717) is 16.6 Å². The fourth-order valence-corrected chi connectivity index (χ4v) is 2.27. The summed E-state index contributed by atoms with van der Waals surface area (Å²) in [5.41, 5.74) is 5.88. The van der Waals surface area contributed by atoms with Crippen molar-refractivity contribution in [2.24, 2.45) is 10.7 Å². The van der Waals surface area contributed by atoms with Gasteiger partial charge in [0, 0.05) is 22.7 Å². The number of amides is 1. The maximum Gasteiger partial charge on any atom is 0.414 e. The Labute approximate surface area is 128 Å². The maximum atomic E-state index is 13.0. The van der Waals surface area contributed by atoms with Gasteiger partial charge in [-0.15, -0.1) is 0 Å². The zero-order valence-corrected chi connectivity index (χ0v) is 11.7. The highest BCUT2D eigenvalue weighted by Gasteiger charge is 2.34. The van der Waals surface area contributed by atoms with Gasteiger partial charge in [-0.25, -0.2) is 0 Å². The van der Waals surface area contributed by atoms with Gasteiger partial charge < -0.3 is 5.73 Å². The van der Waals surface area contributed by atoms with Gasteiger partial charge in [0.1, 0.15) is 0 Å². The Balaban J connectivity index is 2.15. The van der Waals surface area contributed by atoms with Crippen molar-refractivity contribution in [3.8, 4) is 0 Å². The number of nitrogens with one attached hydrogen (secondary N) is 1. The molecule has 2 heterocycles. The first-order chi connectivity index (χ1) is 10.9. The fourth-order valence-electron chi connectivity index (χ4n) is 2.27. The van der Waals surface area contributed by atoms with Gasteiger partial charge in [-0.1, -0.05) is 0 Å². The molecule has 1 aromatic heterocycles. The number of carbonyl (C=O) groups excluding carboxylic acids is 1. The van der Waals surface area contributed by atoms with E-state index in [1.54, 1.807) is 6.07 Å². The maximum absolute atomic E-state index is 13.0. The fraction of sp³-hybridized carbons (Fsp3) is 0.133. The zero-order chi connectivity index (χ0) is 16.6. The van der Waals surface area contributed by atoms with E-state index in [0.717, 1.165) is 6.08 Å². The minimum absolute atomic E-state index is 0.253. The van der Waals surface area contributed by atoms with E-state index < -0.39 is 24.2 Å². The summed E-state index contributed by atoms with van der Waals surface area (Å²) in [4.78, 5) is 15.0. The number of carbonyl (C=O) groups is 1. The van der Waals surface area contributed by atoms with Crippen LogP contribution in [0.4, 0.5) is 13.2 Å². The average Bonchev–Trinajstić information content (AvgIpc) is 2.73. The van der Waals surface area contributed by atoms with Crippen LogP contribution in [-0.2, 0) is 0 Å². The molecule has 8 heteroatoms. The van der Waals surface area contributed by atoms with E-state index in [2.05, 4.69) is 15.2 Å². The van der Waals surface area contributed by atoms with Gasteiger partial charge in [-0.05, 0) is 30.4 Å². The van der Waals surface area contributed by atoms with E-state index in [-0.39, 0.29) is 11.1 Å². The van der Waals surface area contributed by atoms with Crippen LogP contribution in [0.3, 0.4) is 0 Å². The lowest BCUT2D eigenvalue weighted by Gasteiger charge is -2.09. The summed E-state index contributed by atoms with van der Waals surface area (Å²) in [6.45, 7) is -0.446. The monoisotopic (exact) mass is 320 g/mol. The van der Waals surface area contributed by atoms with Crippen LogP contribution < -0.4 is 5.73 Å². The third-order valence-electron chi connectivity index (χ3n) is 3.44. The van der Waals surface area contributed by atoms with Crippen molar-refractivity contribution in [2.75, 3.05) is 6.54 Å².